The Labute approximate surface area is 146 Å². The predicted octanol–water partition coefficient (Wildman–Crippen LogP) is 4.72. The number of benzene rings is 1. The van der Waals surface area contributed by atoms with E-state index in [1.165, 1.54) is 6.07 Å². The Morgan fingerprint density at radius 2 is 1.88 bits per heavy atom. The van der Waals surface area contributed by atoms with Crippen molar-refractivity contribution in [1.82, 2.24) is 9.38 Å². The van der Waals surface area contributed by atoms with Gasteiger partial charge in [0.05, 0.1) is 9.80 Å². The predicted molar refractivity (Wildman–Crippen MR) is 98.9 cm³/mol. The molecule has 0 unspecified atom stereocenters. The quantitative estimate of drug-likeness (QED) is 0.304. The molecule has 0 spiro atoms. The molecule has 3 heterocycles. The van der Waals surface area contributed by atoms with Crippen LogP contribution in [0.25, 0.3) is 16.9 Å². The van der Waals surface area contributed by atoms with Crippen molar-refractivity contribution in [3.8, 4) is 11.3 Å². The van der Waals surface area contributed by atoms with Gasteiger partial charge >= 0.3 is 5.00 Å². The number of pyridine rings is 1. The first kappa shape index (κ1) is 15.2. The fraction of sp³-hybridized carbons (Fsp3) is 0. The molecule has 3 aromatic heterocycles. The molecule has 4 rings (SSSR count). The Morgan fingerprint density at radius 3 is 2.64 bits per heavy atom. The molecule has 0 saturated heterocycles. The van der Waals surface area contributed by atoms with Crippen LogP contribution in [0.1, 0.15) is 4.88 Å². The van der Waals surface area contributed by atoms with Crippen LogP contribution in [0, 0.1) is 10.1 Å². The fourth-order valence-electron chi connectivity index (χ4n) is 2.53. The summed E-state index contributed by atoms with van der Waals surface area (Å²) in [5.74, 6) is 0.692. The Balaban J connectivity index is 1.82. The van der Waals surface area contributed by atoms with E-state index in [2.05, 4.69) is 9.98 Å². The zero-order chi connectivity index (χ0) is 17.2. The molecule has 0 atom stereocenters. The first-order chi connectivity index (χ1) is 12.2. The molecule has 0 aliphatic heterocycles. The number of aromatic nitrogens is 2. The van der Waals surface area contributed by atoms with E-state index in [1.54, 1.807) is 12.3 Å². The minimum absolute atomic E-state index is 0.0999. The zero-order valence-corrected chi connectivity index (χ0v) is 13.8. The molecular weight excluding hydrogens is 336 g/mol. The van der Waals surface area contributed by atoms with Crippen molar-refractivity contribution in [2.45, 2.75) is 0 Å². The first-order valence-electron chi connectivity index (χ1n) is 7.53. The van der Waals surface area contributed by atoms with Gasteiger partial charge in [-0.25, -0.2) is 9.98 Å². The van der Waals surface area contributed by atoms with E-state index in [0.717, 1.165) is 33.1 Å². The number of rotatable bonds is 4. The molecule has 1 aromatic carbocycles. The Bertz CT molecular complexity index is 1080. The van der Waals surface area contributed by atoms with Crippen LogP contribution in [0.15, 0.2) is 71.9 Å². The summed E-state index contributed by atoms with van der Waals surface area (Å²) in [4.78, 5) is 20.4. The topological polar surface area (TPSA) is 72.8 Å². The fourth-order valence-corrected chi connectivity index (χ4v) is 3.22. The third-order valence-corrected chi connectivity index (χ3v) is 4.63. The summed E-state index contributed by atoms with van der Waals surface area (Å²) < 4.78 is 1.90. The van der Waals surface area contributed by atoms with E-state index in [-0.39, 0.29) is 5.00 Å². The van der Waals surface area contributed by atoms with Crippen LogP contribution in [-0.4, -0.2) is 20.5 Å². The van der Waals surface area contributed by atoms with E-state index < -0.39 is 4.92 Å². The average Bonchev–Trinajstić information content (AvgIpc) is 3.25. The lowest BCUT2D eigenvalue weighted by molar-refractivity contribution is -0.380. The molecule has 6 nitrogen and oxygen atoms in total. The standard InChI is InChI=1S/C18H12N4O2S/c23-22(24)16-10-9-14(25-16)12-19-18-17(13-6-2-1-3-7-13)20-15-8-4-5-11-21(15)18/h1-12H/b19-12+. The maximum atomic E-state index is 10.8. The van der Waals surface area contributed by atoms with Crippen LogP contribution >= 0.6 is 11.3 Å². The molecule has 0 aliphatic rings. The molecule has 4 aromatic rings. The molecule has 0 saturated carbocycles. The van der Waals surface area contributed by atoms with Gasteiger partial charge in [0.1, 0.15) is 11.3 Å². The molecule has 122 valence electrons. The summed E-state index contributed by atoms with van der Waals surface area (Å²) >= 11 is 1.09. The van der Waals surface area contributed by atoms with Gasteiger partial charge in [0.15, 0.2) is 5.82 Å². The monoisotopic (exact) mass is 348 g/mol. The second kappa shape index (κ2) is 6.29. The molecule has 0 fully saturated rings. The average molecular weight is 348 g/mol. The van der Waals surface area contributed by atoms with E-state index in [0.29, 0.717) is 5.82 Å². The lowest BCUT2D eigenvalue weighted by atomic mass is 10.1. The highest BCUT2D eigenvalue weighted by Gasteiger charge is 2.13. The second-order valence-electron chi connectivity index (χ2n) is 5.27. The van der Waals surface area contributed by atoms with E-state index in [1.807, 2.05) is 59.1 Å². The Morgan fingerprint density at radius 1 is 1.08 bits per heavy atom. The highest BCUT2D eigenvalue weighted by molar-refractivity contribution is 7.16. The smallest absolute Gasteiger partial charge is 0.284 e. The van der Waals surface area contributed by atoms with Crippen LogP contribution < -0.4 is 0 Å². The normalized spacial score (nSPS) is 11.4. The summed E-state index contributed by atoms with van der Waals surface area (Å²) in [5.41, 5.74) is 2.54. The lowest BCUT2D eigenvalue weighted by Crippen LogP contribution is -1.83. The van der Waals surface area contributed by atoms with Gasteiger partial charge in [-0.3, -0.25) is 14.5 Å². The van der Waals surface area contributed by atoms with Crippen molar-refractivity contribution in [2.75, 3.05) is 0 Å². The number of fused-ring (bicyclic) bond motifs is 1. The largest absolute Gasteiger partial charge is 0.324 e. The highest BCUT2D eigenvalue weighted by Crippen LogP contribution is 2.31. The van der Waals surface area contributed by atoms with Crippen LogP contribution in [0.2, 0.25) is 0 Å². The summed E-state index contributed by atoms with van der Waals surface area (Å²) in [7, 11) is 0. The third kappa shape index (κ3) is 2.92. The number of hydrogen-bond acceptors (Lipinski definition) is 5. The minimum Gasteiger partial charge on any atom is -0.284 e. The maximum absolute atomic E-state index is 10.8. The second-order valence-corrected chi connectivity index (χ2v) is 6.36. The van der Waals surface area contributed by atoms with Crippen molar-refractivity contribution in [3.05, 3.63) is 81.9 Å². The minimum atomic E-state index is -0.397. The molecule has 7 heteroatoms. The van der Waals surface area contributed by atoms with Crippen molar-refractivity contribution in [1.29, 1.82) is 0 Å². The van der Waals surface area contributed by atoms with Gasteiger partial charge in [0.2, 0.25) is 0 Å². The SMILES string of the molecule is O=[N+]([O-])c1ccc(/C=N/c2c(-c3ccccc3)nc3ccccn23)s1. The third-order valence-electron chi connectivity index (χ3n) is 3.66. The van der Waals surface area contributed by atoms with E-state index >= 15 is 0 Å². The Kier molecular flexibility index (Phi) is 3.83. The van der Waals surface area contributed by atoms with Crippen LogP contribution in [0.5, 0.6) is 0 Å². The van der Waals surface area contributed by atoms with Crippen LogP contribution in [-0.2, 0) is 0 Å². The van der Waals surface area contributed by atoms with Gasteiger partial charge in [-0.1, -0.05) is 47.7 Å². The number of nitrogens with zero attached hydrogens (tertiary/aromatic N) is 4. The van der Waals surface area contributed by atoms with Crippen LogP contribution in [0.4, 0.5) is 10.8 Å². The maximum Gasteiger partial charge on any atom is 0.324 e. The zero-order valence-electron chi connectivity index (χ0n) is 12.9. The molecule has 0 radical (unpaired) electrons. The Hall–Kier alpha value is -3.32. The summed E-state index contributed by atoms with van der Waals surface area (Å²) in [6.45, 7) is 0. The number of nitro groups is 1. The van der Waals surface area contributed by atoms with Gasteiger partial charge in [0, 0.05) is 24.0 Å². The van der Waals surface area contributed by atoms with Gasteiger partial charge < -0.3 is 0 Å². The van der Waals surface area contributed by atoms with Crippen molar-refractivity contribution < 1.29 is 4.92 Å². The molecule has 0 N–H and O–H groups in total. The molecule has 0 bridgehead atoms. The molecule has 0 aliphatic carbocycles. The number of thiophene rings is 1. The number of imidazole rings is 1. The molecular formula is C18H12N4O2S. The molecule has 25 heavy (non-hydrogen) atoms. The summed E-state index contributed by atoms with van der Waals surface area (Å²) in [6, 6.07) is 18.8. The van der Waals surface area contributed by atoms with E-state index in [4.69, 9.17) is 0 Å². The van der Waals surface area contributed by atoms with Crippen LogP contribution in [0.3, 0.4) is 0 Å². The molecule has 0 amide bonds. The van der Waals surface area contributed by atoms with Crippen molar-refractivity contribution >= 4 is 34.0 Å². The van der Waals surface area contributed by atoms with Gasteiger partial charge in [-0.2, -0.15) is 0 Å². The van der Waals surface area contributed by atoms with Gasteiger partial charge in [-0.15, -0.1) is 0 Å². The van der Waals surface area contributed by atoms with E-state index in [9.17, 15) is 10.1 Å². The van der Waals surface area contributed by atoms with Gasteiger partial charge in [0.25, 0.3) is 0 Å². The first-order valence-corrected chi connectivity index (χ1v) is 8.35. The lowest BCUT2D eigenvalue weighted by Gasteiger charge is -1.99. The number of aliphatic imine (C=N–C) groups is 1. The summed E-state index contributed by atoms with van der Waals surface area (Å²) in [5, 5.41) is 10.9. The van der Waals surface area contributed by atoms with Crippen molar-refractivity contribution in [3.63, 3.8) is 0 Å². The van der Waals surface area contributed by atoms with Crippen molar-refractivity contribution in [2.24, 2.45) is 4.99 Å². The number of hydrogen-bond donors (Lipinski definition) is 0. The summed E-state index contributed by atoms with van der Waals surface area (Å²) in [6.07, 6.45) is 3.54. The highest BCUT2D eigenvalue weighted by atomic mass is 32.1. The van der Waals surface area contributed by atoms with Gasteiger partial charge in [-0.05, 0) is 18.2 Å².